The molecule has 0 fully saturated rings. The number of carbonyl (C=O) groups excluding carboxylic acids is 1. The van der Waals surface area contributed by atoms with Crippen LogP contribution in [0.4, 0.5) is 0 Å². The minimum absolute atomic E-state index is 0.0492. The molecule has 0 spiro atoms. The van der Waals surface area contributed by atoms with Crippen LogP contribution < -0.4 is 0 Å². The van der Waals surface area contributed by atoms with Crippen molar-refractivity contribution in [3.8, 4) is 0 Å². The Morgan fingerprint density at radius 1 is 1.29 bits per heavy atom. The van der Waals surface area contributed by atoms with Gasteiger partial charge in [-0.3, -0.25) is 4.79 Å². The molecule has 0 aliphatic carbocycles. The molecule has 5 nitrogen and oxygen atoms in total. The van der Waals surface area contributed by atoms with Crippen molar-refractivity contribution in [2.24, 2.45) is 0 Å². The smallest absolute Gasteiger partial charge is 0.333 e. The van der Waals surface area contributed by atoms with Crippen molar-refractivity contribution < 1.29 is 24.5 Å². The number of aliphatic carboxylic acids is 1. The molecule has 0 bridgehead atoms. The number of carbonyl (C=O) groups is 2. The first-order chi connectivity index (χ1) is 6.57. The van der Waals surface area contributed by atoms with E-state index in [1.165, 1.54) is 0 Å². The summed E-state index contributed by atoms with van der Waals surface area (Å²) in [5, 5.41) is 16.8. The molecule has 0 aromatic rings. The Labute approximate surface area is 82.0 Å². The van der Waals surface area contributed by atoms with E-state index in [0.717, 1.165) is 0 Å². The van der Waals surface area contributed by atoms with Gasteiger partial charge in [-0.1, -0.05) is 6.58 Å². The number of unbranched alkanes of at least 4 members (excludes halogenated alkanes) is 1. The number of ether oxygens (including phenoxy) is 1. The molecule has 0 saturated heterocycles. The first-order valence-electron chi connectivity index (χ1n) is 4.25. The van der Waals surface area contributed by atoms with E-state index in [4.69, 9.17) is 14.9 Å². The molecule has 0 rings (SSSR count). The van der Waals surface area contributed by atoms with Gasteiger partial charge in [-0.2, -0.15) is 0 Å². The summed E-state index contributed by atoms with van der Waals surface area (Å²) in [6.45, 7) is 3.52. The van der Waals surface area contributed by atoms with Gasteiger partial charge in [0.1, 0.15) is 0 Å². The third-order valence-corrected chi connectivity index (χ3v) is 1.44. The molecule has 0 saturated carbocycles. The highest BCUT2D eigenvalue weighted by Gasteiger charge is 2.11. The first kappa shape index (κ1) is 12.6. The summed E-state index contributed by atoms with van der Waals surface area (Å²) in [6.07, 6.45) is 0.708. The SMILES string of the molecule is C=C(CC(=O)O)C(=O)OCCCCO. The molecule has 14 heavy (non-hydrogen) atoms. The third-order valence-electron chi connectivity index (χ3n) is 1.44. The average Bonchev–Trinajstić information content (AvgIpc) is 2.11. The van der Waals surface area contributed by atoms with E-state index in [2.05, 4.69) is 6.58 Å². The zero-order chi connectivity index (χ0) is 11.0. The predicted octanol–water partition coefficient (Wildman–Crippen LogP) is 0.333. The molecule has 5 heteroatoms. The van der Waals surface area contributed by atoms with Gasteiger partial charge in [-0.25, -0.2) is 4.79 Å². The summed E-state index contributed by atoms with van der Waals surface area (Å²) in [5.74, 6) is -1.80. The van der Waals surface area contributed by atoms with Gasteiger partial charge in [0.05, 0.1) is 13.0 Å². The van der Waals surface area contributed by atoms with Crippen molar-refractivity contribution in [2.75, 3.05) is 13.2 Å². The maximum absolute atomic E-state index is 11.0. The predicted molar refractivity (Wildman–Crippen MR) is 48.7 cm³/mol. The van der Waals surface area contributed by atoms with Gasteiger partial charge in [0.25, 0.3) is 0 Å². The van der Waals surface area contributed by atoms with E-state index in [0.29, 0.717) is 12.8 Å². The lowest BCUT2D eigenvalue weighted by atomic mass is 10.2. The van der Waals surface area contributed by atoms with Crippen LogP contribution in [0, 0.1) is 0 Å². The summed E-state index contributed by atoms with van der Waals surface area (Å²) < 4.78 is 4.69. The van der Waals surface area contributed by atoms with Gasteiger partial charge in [-0.15, -0.1) is 0 Å². The second-order valence-corrected chi connectivity index (χ2v) is 2.74. The largest absolute Gasteiger partial charge is 0.481 e. The van der Waals surface area contributed by atoms with Crippen molar-refractivity contribution in [1.29, 1.82) is 0 Å². The van der Waals surface area contributed by atoms with Gasteiger partial charge < -0.3 is 14.9 Å². The van der Waals surface area contributed by atoms with Gasteiger partial charge in [0.15, 0.2) is 0 Å². The van der Waals surface area contributed by atoms with Crippen LogP contribution >= 0.6 is 0 Å². The second-order valence-electron chi connectivity index (χ2n) is 2.74. The number of hydrogen-bond acceptors (Lipinski definition) is 4. The molecule has 0 aliphatic heterocycles. The molecule has 0 amide bonds. The minimum Gasteiger partial charge on any atom is -0.481 e. The Hall–Kier alpha value is -1.36. The summed E-state index contributed by atoms with van der Waals surface area (Å²) in [7, 11) is 0. The van der Waals surface area contributed by atoms with E-state index in [1.807, 2.05) is 0 Å². The fourth-order valence-electron chi connectivity index (χ4n) is 0.736. The number of hydrogen-bond donors (Lipinski definition) is 2. The van der Waals surface area contributed by atoms with Crippen LogP contribution in [0.25, 0.3) is 0 Å². The van der Waals surface area contributed by atoms with Crippen molar-refractivity contribution >= 4 is 11.9 Å². The maximum atomic E-state index is 11.0. The van der Waals surface area contributed by atoms with Crippen LogP contribution in [0.5, 0.6) is 0 Å². The Morgan fingerprint density at radius 3 is 2.43 bits per heavy atom. The van der Waals surface area contributed by atoms with Crippen molar-refractivity contribution in [3.63, 3.8) is 0 Å². The summed E-state index contributed by atoms with van der Waals surface area (Å²) in [6, 6.07) is 0. The summed E-state index contributed by atoms with van der Waals surface area (Å²) in [5.41, 5.74) is -0.0681. The summed E-state index contributed by atoms with van der Waals surface area (Å²) >= 11 is 0. The zero-order valence-corrected chi connectivity index (χ0v) is 7.86. The van der Waals surface area contributed by atoms with Crippen LogP contribution in [-0.2, 0) is 14.3 Å². The molecular formula is C9H14O5. The lowest BCUT2D eigenvalue weighted by molar-refractivity contribution is -0.142. The lowest BCUT2D eigenvalue weighted by Crippen LogP contribution is -2.11. The second kappa shape index (κ2) is 7.08. The van der Waals surface area contributed by atoms with Crippen LogP contribution in [0.3, 0.4) is 0 Å². The van der Waals surface area contributed by atoms with Crippen LogP contribution in [-0.4, -0.2) is 35.4 Å². The minimum atomic E-state index is -1.11. The molecule has 0 atom stereocenters. The van der Waals surface area contributed by atoms with Gasteiger partial charge >= 0.3 is 11.9 Å². The monoisotopic (exact) mass is 202 g/mol. The third kappa shape index (κ3) is 6.19. The van der Waals surface area contributed by atoms with E-state index in [9.17, 15) is 9.59 Å². The normalized spacial score (nSPS) is 9.50. The molecule has 2 N–H and O–H groups in total. The molecule has 80 valence electrons. The Kier molecular flexibility index (Phi) is 6.39. The van der Waals surface area contributed by atoms with Crippen molar-refractivity contribution in [3.05, 3.63) is 12.2 Å². The Balaban J connectivity index is 3.63. The molecule has 0 aromatic carbocycles. The standard InChI is InChI=1S/C9H14O5/c1-7(6-8(11)12)9(13)14-5-3-2-4-10/h10H,1-6H2,(H,11,12). The molecule has 0 aliphatic rings. The van der Waals surface area contributed by atoms with Gasteiger partial charge in [0.2, 0.25) is 0 Å². The highest BCUT2D eigenvalue weighted by Crippen LogP contribution is 2.01. The molecule has 0 aromatic heterocycles. The topological polar surface area (TPSA) is 83.8 Å². The van der Waals surface area contributed by atoms with E-state index >= 15 is 0 Å². The van der Waals surface area contributed by atoms with Crippen LogP contribution in [0.1, 0.15) is 19.3 Å². The fraction of sp³-hybridized carbons (Fsp3) is 0.556. The molecule has 0 heterocycles. The van der Waals surface area contributed by atoms with Crippen LogP contribution in [0.15, 0.2) is 12.2 Å². The fourth-order valence-corrected chi connectivity index (χ4v) is 0.736. The van der Waals surface area contributed by atoms with E-state index in [-0.39, 0.29) is 18.8 Å². The van der Waals surface area contributed by atoms with Crippen molar-refractivity contribution in [2.45, 2.75) is 19.3 Å². The number of carboxylic acids is 1. The highest BCUT2D eigenvalue weighted by molar-refractivity contribution is 5.92. The van der Waals surface area contributed by atoms with Crippen molar-refractivity contribution in [1.82, 2.24) is 0 Å². The quantitative estimate of drug-likeness (QED) is 0.353. The number of rotatable bonds is 7. The lowest BCUT2D eigenvalue weighted by Gasteiger charge is -2.04. The highest BCUT2D eigenvalue weighted by atomic mass is 16.5. The number of esters is 1. The Bertz CT molecular complexity index is 221. The van der Waals surface area contributed by atoms with E-state index in [1.54, 1.807) is 0 Å². The first-order valence-corrected chi connectivity index (χ1v) is 4.25. The molecule has 0 unspecified atom stereocenters. The maximum Gasteiger partial charge on any atom is 0.333 e. The summed E-state index contributed by atoms with van der Waals surface area (Å²) in [4.78, 5) is 21.2. The number of aliphatic hydroxyl groups excluding tert-OH is 1. The Morgan fingerprint density at radius 2 is 1.93 bits per heavy atom. The number of carboxylic acid groups (broad SMARTS) is 1. The molecule has 0 radical (unpaired) electrons. The average molecular weight is 202 g/mol. The van der Waals surface area contributed by atoms with Crippen LogP contribution in [0.2, 0.25) is 0 Å². The molecular weight excluding hydrogens is 188 g/mol. The number of aliphatic hydroxyl groups is 1. The van der Waals surface area contributed by atoms with Gasteiger partial charge in [0, 0.05) is 12.2 Å². The van der Waals surface area contributed by atoms with E-state index < -0.39 is 18.4 Å². The van der Waals surface area contributed by atoms with Gasteiger partial charge in [-0.05, 0) is 12.8 Å². The zero-order valence-electron chi connectivity index (χ0n) is 7.86.